The molecule has 0 amide bonds. The van der Waals surface area contributed by atoms with Crippen LogP contribution in [0.4, 0.5) is 5.95 Å². The molecule has 10 heteroatoms. The highest BCUT2D eigenvalue weighted by Crippen LogP contribution is 2.21. The molecule has 7 nitrogen and oxygen atoms in total. The molecule has 0 unspecified atom stereocenters. The summed E-state index contributed by atoms with van der Waals surface area (Å²) in [5.41, 5.74) is 8.55. The van der Waals surface area contributed by atoms with Crippen LogP contribution in [-0.2, 0) is 6.54 Å². The number of rotatable bonds is 4. The van der Waals surface area contributed by atoms with E-state index in [1.54, 1.807) is 11.3 Å². The molecule has 2 aromatic heterocycles. The van der Waals surface area contributed by atoms with Crippen molar-refractivity contribution in [2.45, 2.75) is 6.54 Å². The van der Waals surface area contributed by atoms with Crippen LogP contribution in [0.2, 0.25) is 0 Å². The SMILES string of the molecule is Br.Br.O.c1ccc2c(c1)nc(NN1CCNCC1)n2Cc1cscn1. The van der Waals surface area contributed by atoms with Crippen molar-refractivity contribution in [2.75, 3.05) is 31.6 Å². The molecule has 138 valence electrons. The Morgan fingerprint density at radius 2 is 1.92 bits per heavy atom. The van der Waals surface area contributed by atoms with Crippen LogP contribution in [-0.4, -0.2) is 51.2 Å². The van der Waals surface area contributed by atoms with Crippen molar-refractivity contribution < 1.29 is 5.48 Å². The third kappa shape index (κ3) is 4.99. The fraction of sp³-hybridized carbons (Fsp3) is 0.333. The summed E-state index contributed by atoms with van der Waals surface area (Å²) in [5, 5.41) is 7.66. The number of halogens is 2. The Morgan fingerprint density at radius 3 is 2.64 bits per heavy atom. The number of thiazole rings is 1. The summed E-state index contributed by atoms with van der Waals surface area (Å²) >= 11 is 1.62. The van der Waals surface area contributed by atoms with E-state index in [9.17, 15) is 0 Å². The fourth-order valence-corrected chi connectivity index (χ4v) is 3.27. The molecule has 1 aliphatic rings. The lowest BCUT2D eigenvalue weighted by atomic mass is 10.3. The molecule has 0 saturated carbocycles. The number of piperazine rings is 1. The zero-order valence-corrected chi connectivity index (χ0v) is 17.8. The van der Waals surface area contributed by atoms with E-state index < -0.39 is 0 Å². The highest BCUT2D eigenvalue weighted by atomic mass is 79.9. The average Bonchev–Trinajstić information content (AvgIpc) is 3.18. The number of imidazole rings is 1. The Kier molecular flexibility index (Phi) is 8.97. The standard InChI is InChI=1S/C15H18N6S.2BrH.H2O/c1-2-4-14-13(3-1)18-15(19-20-7-5-16-6-8-20)21(14)9-12-10-22-11-17-12;;;/h1-4,10-11,16H,5-9H2,(H,18,19);2*1H;1H2. The smallest absolute Gasteiger partial charge is 0.219 e. The van der Waals surface area contributed by atoms with Crippen LogP contribution in [0.15, 0.2) is 35.2 Å². The Hall–Kier alpha value is -1.04. The molecule has 1 fully saturated rings. The van der Waals surface area contributed by atoms with E-state index in [-0.39, 0.29) is 39.4 Å². The van der Waals surface area contributed by atoms with Gasteiger partial charge in [0, 0.05) is 31.6 Å². The minimum Gasteiger partial charge on any atom is -0.412 e. The highest BCUT2D eigenvalue weighted by molar-refractivity contribution is 8.93. The summed E-state index contributed by atoms with van der Waals surface area (Å²) < 4.78 is 2.20. The van der Waals surface area contributed by atoms with Crippen LogP contribution < -0.4 is 10.7 Å². The molecule has 1 aromatic carbocycles. The van der Waals surface area contributed by atoms with Gasteiger partial charge in [0.15, 0.2) is 0 Å². The van der Waals surface area contributed by atoms with Gasteiger partial charge in [-0.3, -0.25) is 5.43 Å². The van der Waals surface area contributed by atoms with Gasteiger partial charge in [-0.2, -0.15) is 0 Å². The van der Waals surface area contributed by atoms with Gasteiger partial charge in [0.25, 0.3) is 0 Å². The maximum absolute atomic E-state index is 4.75. The molecule has 4 N–H and O–H groups in total. The minimum absolute atomic E-state index is 0. The number of nitrogens with zero attached hydrogens (tertiary/aromatic N) is 4. The Morgan fingerprint density at radius 1 is 1.16 bits per heavy atom. The fourth-order valence-electron chi connectivity index (χ4n) is 2.72. The summed E-state index contributed by atoms with van der Waals surface area (Å²) in [6.45, 7) is 4.68. The van der Waals surface area contributed by atoms with Crippen molar-refractivity contribution in [1.29, 1.82) is 0 Å². The number of para-hydroxylation sites is 2. The molecule has 0 aliphatic carbocycles. The van der Waals surface area contributed by atoms with E-state index in [0.717, 1.165) is 55.4 Å². The maximum Gasteiger partial charge on any atom is 0.219 e. The van der Waals surface area contributed by atoms with Crippen LogP contribution in [0, 0.1) is 0 Å². The van der Waals surface area contributed by atoms with Gasteiger partial charge < -0.3 is 15.4 Å². The van der Waals surface area contributed by atoms with Crippen molar-refractivity contribution in [2.24, 2.45) is 0 Å². The maximum atomic E-state index is 4.75. The minimum atomic E-state index is 0. The van der Waals surface area contributed by atoms with Gasteiger partial charge in [-0.05, 0) is 12.1 Å². The number of benzene rings is 1. The second kappa shape index (κ2) is 10.2. The van der Waals surface area contributed by atoms with Gasteiger partial charge in [0.05, 0.1) is 28.8 Å². The summed E-state index contributed by atoms with van der Waals surface area (Å²) in [6.07, 6.45) is 0. The normalized spacial score (nSPS) is 14.2. The Labute approximate surface area is 171 Å². The van der Waals surface area contributed by atoms with Gasteiger partial charge in [-0.25, -0.2) is 15.0 Å². The molecule has 0 radical (unpaired) electrons. The van der Waals surface area contributed by atoms with Crippen LogP contribution in [0.1, 0.15) is 5.69 Å². The van der Waals surface area contributed by atoms with E-state index in [4.69, 9.17) is 4.98 Å². The van der Waals surface area contributed by atoms with E-state index >= 15 is 0 Å². The molecule has 3 aromatic rings. The lowest BCUT2D eigenvalue weighted by molar-refractivity contribution is 0.283. The summed E-state index contributed by atoms with van der Waals surface area (Å²) in [5.74, 6) is 0.885. The van der Waals surface area contributed by atoms with E-state index in [0.29, 0.717) is 0 Å². The molecular formula is C15H22Br2N6OS. The second-order valence-corrected chi connectivity index (χ2v) is 6.06. The monoisotopic (exact) mass is 492 g/mol. The molecule has 1 saturated heterocycles. The van der Waals surface area contributed by atoms with E-state index in [1.165, 1.54) is 0 Å². The number of aromatic nitrogens is 3. The molecule has 4 rings (SSSR count). The largest absolute Gasteiger partial charge is 0.412 e. The first-order valence-corrected chi connectivity index (χ1v) is 8.39. The number of hydrogen-bond acceptors (Lipinski definition) is 6. The van der Waals surface area contributed by atoms with Gasteiger partial charge in [0.1, 0.15) is 0 Å². The molecule has 1 aliphatic heterocycles. The third-order valence-corrected chi connectivity index (χ3v) is 4.47. The van der Waals surface area contributed by atoms with E-state index in [2.05, 4.69) is 48.9 Å². The molecule has 0 bridgehead atoms. The number of nitrogens with one attached hydrogen (secondary N) is 2. The van der Waals surface area contributed by atoms with Crippen molar-refractivity contribution in [3.8, 4) is 0 Å². The first kappa shape index (κ1) is 22.0. The lowest BCUT2D eigenvalue weighted by Gasteiger charge is -2.28. The Bertz CT molecular complexity index is 761. The molecule has 0 atom stereocenters. The van der Waals surface area contributed by atoms with Crippen molar-refractivity contribution in [3.05, 3.63) is 40.8 Å². The van der Waals surface area contributed by atoms with Gasteiger partial charge >= 0.3 is 0 Å². The zero-order chi connectivity index (χ0) is 14.8. The number of hydrogen-bond donors (Lipinski definition) is 2. The quantitative estimate of drug-likeness (QED) is 0.580. The number of anilines is 1. The second-order valence-electron chi connectivity index (χ2n) is 5.34. The van der Waals surface area contributed by atoms with Crippen molar-refractivity contribution >= 4 is 62.3 Å². The number of fused-ring (bicyclic) bond motifs is 1. The molecule has 3 heterocycles. The van der Waals surface area contributed by atoms with Gasteiger partial charge in [-0.1, -0.05) is 12.1 Å². The van der Waals surface area contributed by atoms with Crippen LogP contribution in [0.3, 0.4) is 0 Å². The summed E-state index contributed by atoms with van der Waals surface area (Å²) in [6, 6.07) is 8.24. The van der Waals surface area contributed by atoms with Crippen molar-refractivity contribution in [3.63, 3.8) is 0 Å². The van der Waals surface area contributed by atoms with Crippen LogP contribution >= 0.6 is 45.3 Å². The van der Waals surface area contributed by atoms with Crippen molar-refractivity contribution in [1.82, 2.24) is 24.9 Å². The van der Waals surface area contributed by atoms with Crippen LogP contribution in [0.5, 0.6) is 0 Å². The van der Waals surface area contributed by atoms with Gasteiger partial charge in [0.2, 0.25) is 5.95 Å². The first-order chi connectivity index (χ1) is 10.9. The topological polar surface area (TPSA) is 89.5 Å². The molecule has 0 spiro atoms. The third-order valence-electron chi connectivity index (χ3n) is 3.83. The van der Waals surface area contributed by atoms with Crippen LogP contribution in [0.25, 0.3) is 11.0 Å². The molecular weight excluding hydrogens is 472 g/mol. The zero-order valence-electron chi connectivity index (χ0n) is 13.5. The van der Waals surface area contributed by atoms with E-state index in [1.807, 2.05) is 11.6 Å². The lowest BCUT2D eigenvalue weighted by Crippen LogP contribution is -2.46. The highest BCUT2D eigenvalue weighted by Gasteiger charge is 2.15. The predicted molar refractivity (Wildman–Crippen MR) is 113 cm³/mol. The Balaban J connectivity index is 0.00000104. The number of hydrazine groups is 1. The predicted octanol–water partition coefficient (Wildman–Crippen LogP) is 2.10. The first-order valence-electron chi connectivity index (χ1n) is 7.45. The average molecular weight is 494 g/mol. The summed E-state index contributed by atoms with van der Waals surface area (Å²) in [7, 11) is 0. The van der Waals surface area contributed by atoms with Gasteiger partial charge in [-0.15, -0.1) is 45.3 Å². The molecule has 25 heavy (non-hydrogen) atoms. The summed E-state index contributed by atoms with van der Waals surface area (Å²) in [4.78, 5) is 9.16.